The number of aliphatic imine (C=N–C) groups is 1. The molecule has 2 aliphatic rings. The van der Waals surface area contributed by atoms with Gasteiger partial charge < -0.3 is 10.2 Å². The van der Waals surface area contributed by atoms with Crippen LogP contribution in [0.5, 0.6) is 0 Å². The number of likely N-dealkylation sites (N-methyl/N-ethyl adjacent to an activating group) is 1. The number of anilines is 2. The fourth-order valence-corrected chi connectivity index (χ4v) is 4.61. The molecule has 5 heteroatoms. The summed E-state index contributed by atoms with van der Waals surface area (Å²) in [5.74, 6) is 0.344. The minimum Gasteiger partial charge on any atom is -0.348 e. The molecule has 0 radical (unpaired) electrons. The highest BCUT2D eigenvalue weighted by atomic mass is 32.1. The molecule has 1 fully saturated rings. The second-order valence-corrected chi connectivity index (χ2v) is 9.32. The maximum Gasteiger partial charge on any atom is 0.140 e. The van der Waals surface area contributed by atoms with E-state index in [1.807, 2.05) is 39.0 Å². The Morgan fingerprint density at radius 3 is 2.68 bits per heavy atom. The lowest BCUT2D eigenvalue weighted by molar-refractivity contribution is 0.0207. The molecule has 2 aromatic rings. The first-order valence-electron chi connectivity index (χ1n) is 12.2. The summed E-state index contributed by atoms with van der Waals surface area (Å²) in [6.07, 6.45) is 0. The molecule has 28 heavy (non-hydrogen) atoms. The summed E-state index contributed by atoms with van der Waals surface area (Å²) >= 11 is 1.56. The molecule has 0 aliphatic carbocycles. The molecule has 1 atom stereocenters. The first-order chi connectivity index (χ1) is 15.1. The van der Waals surface area contributed by atoms with E-state index in [1.54, 1.807) is 39.0 Å². The molecule has 0 spiro atoms. The van der Waals surface area contributed by atoms with E-state index in [9.17, 15) is 1.37 Å². The van der Waals surface area contributed by atoms with Crippen molar-refractivity contribution >= 4 is 33.5 Å². The molecule has 1 unspecified atom stereocenters. The standard InChI is InChI=1S/C23H32N4S/c1-8-26-9-10-27(23(6,7)17(26)5)21-18-13-16(4)28-22(18)25-20-12-15(3)14(2)11-19(20)24-21/h11-13,17,25H,8-10H2,1-7H3/i9D2,10D2,17D. The average Bonchev–Trinajstić information content (AvgIpc) is 2.97. The number of nitrogens with zero attached hydrogens (tertiary/aromatic N) is 3. The van der Waals surface area contributed by atoms with Crippen molar-refractivity contribution in [3.8, 4) is 0 Å². The van der Waals surface area contributed by atoms with Gasteiger partial charge in [-0.3, -0.25) is 4.90 Å². The average molecular weight is 402 g/mol. The molecule has 1 aromatic carbocycles. The van der Waals surface area contributed by atoms with Gasteiger partial charge in [-0.25, -0.2) is 4.99 Å². The number of hydrogen-bond acceptors (Lipinski definition) is 5. The van der Waals surface area contributed by atoms with E-state index >= 15 is 0 Å². The molecule has 1 saturated heterocycles. The molecule has 1 N–H and O–H groups in total. The molecule has 2 aliphatic heterocycles. The van der Waals surface area contributed by atoms with Crippen LogP contribution in [0.1, 0.15) is 56.1 Å². The molecule has 1 aromatic heterocycles. The molecule has 150 valence electrons. The van der Waals surface area contributed by atoms with Crippen molar-refractivity contribution in [2.24, 2.45) is 4.99 Å². The summed E-state index contributed by atoms with van der Waals surface area (Å²) in [5, 5.41) is 4.32. The van der Waals surface area contributed by atoms with E-state index in [4.69, 9.17) is 10.5 Å². The van der Waals surface area contributed by atoms with Crippen LogP contribution in [0, 0.1) is 20.8 Å². The van der Waals surface area contributed by atoms with Crippen molar-refractivity contribution in [3.05, 3.63) is 39.8 Å². The van der Waals surface area contributed by atoms with E-state index in [-0.39, 0.29) is 6.54 Å². The number of amidine groups is 1. The van der Waals surface area contributed by atoms with Crippen LogP contribution >= 0.6 is 11.3 Å². The van der Waals surface area contributed by atoms with E-state index < -0.39 is 24.6 Å². The van der Waals surface area contributed by atoms with E-state index in [0.29, 0.717) is 11.5 Å². The number of fused-ring (bicyclic) bond motifs is 2. The summed E-state index contributed by atoms with van der Waals surface area (Å²) in [6, 6.07) is 4.54. The highest BCUT2D eigenvalue weighted by Crippen LogP contribution is 2.42. The van der Waals surface area contributed by atoms with Gasteiger partial charge in [0, 0.05) is 28.0 Å². The number of benzene rings is 1. The zero-order valence-electron chi connectivity index (χ0n) is 22.7. The lowest BCUT2D eigenvalue weighted by Gasteiger charge is -2.53. The van der Waals surface area contributed by atoms with Gasteiger partial charge in [0.2, 0.25) is 0 Å². The Hall–Kier alpha value is -1.85. The van der Waals surface area contributed by atoms with Crippen LogP contribution in [0.25, 0.3) is 0 Å². The summed E-state index contributed by atoms with van der Waals surface area (Å²) in [5.41, 5.74) is 3.30. The highest BCUT2D eigenvalue weighted by molar-refractivity contribution is 7.16. The van der Waals surface area contributed by atoms with Gasteiger partial charge in [-0.1, -0.05) is 6.92 Å². The first kappa shape index (κ1) is 14.2. The number of piperazine rings is 1. The van der Waals surface area contributed by atoms with Crippen LogP contribution in [-0.2, 0) is 0 Å². The van der Waals surface area contributed by atoms with E-state index in [1.165, 1.54) is 9.80 Å². The summed E-state index contributed by atoms with van der Waals surface area (Å²) in [7, 11) is 0. The highest BCUT2D eigenvalue weighted by Gasteiger charge is 2.42. The van der Waals surface area contributed by atoms with Crippen molar-refractivity contribution in [1.82, 2.24) is 9.80 Å². The Kier molecular flexibility index (Phi) is 3.49. The lowest BCUT2D eigenvalue weighted by Crippen LogP contribution is -2.65. The molecule has 0 saturated carbocycles. The summed E-state index contributed by atoms with van der Waals surface area (Å²) < 4.78 is 45.0. The second kappa shape index (κ2) is 6.89. The van der Waals surface area contributed by atoms with Gasteiger partial charge in [0.1, 0.15) is 10.8 Å². The number of nitrogens with one attached hydrogen (secondary N) is 1. The fourth-order valence-electron chi connectivity index (χ4n) is 3.69. The van der Waals surface area contributed by atoms with Gasteiger partial charge in [0.05, 0.1) is 25.2 Å². The topological polar surface area (TPSA) is 30.9 Å². The minimum absolute atomic E-state index is 0.210. The zero-order chi connectivity index (χ0) is 24.7. The third kappa shape index (κ3) is 3.05. The Balaban J connectivity index is 2.05. The number of aryl methyl sites for hydroxylation is 3. The van der Waals surface area contributed by atoms with Gasteiger partial charge in [-0.2, -0.15) is 0 Å². The normalized spacial score (nSPS) is 30.3. The van der Waals surface area contributed by atoms with Gasteiger partial charge in [0.15, 0.2) is 0 Å². The zero-order valence-corrected chi connectivity index (χ0v) is 18.5. The molecular formula is C23H32N4S. The Labute approximate surface area is 180 Å². The summed E-state index contributed by atoms with van der Waals surface area (Å²) in [6.45, 7) is 8.40. The monoisotopic (exact) mass is 401 g/mol. The second-order valence-electron chi connectivity index (χ2n) is 8.06. The van der Waals surface area contributed by atoms with Crippen LogP contribution in [0.15, 0.2) is 23.2 Å². The van der Waals surface area contributed by atoms with Crippen LogP contribution in [-0.4, -0.2) is 46.7 Å². The molecule has 3 heterocycles. The number of rotatable bonds is 1. The maximum absolute atomic E-state index is 9.23. The molecule has 0 bridgehead atoms. The van der Waals surface area contributed by atoms with Crippen molar-refractivity contribution in [3.63, 3.8) is 0 Å². The van der Waals surface area contributed by atoms with E-state index in [0.717, 1.165) is 32.3 Å². The smallest absolute Gasteiger partial charge is 0.140 e. The van der Waals surface area contributed by atoms with Gasteiger partial charge in [-0.05, 0) is 77.4 Å². The summed E-state index contributed by atoms with van der Waals surface area (Å²) in [4.78, 5) is 8.73. The Morgan fingerprint density at radius 2 is 1.96 bits per heavy atom. The molecule has 4 nitrogen and oxygen atoms in total. The number of thiophene rings is 1. The maximum atomic E-state index is 9.23. The van der Waals surface area contributed by atoms with Crippen LogP contribution in [0.4, 0.5) is 16.4 Å². The van der Waals surface area contributed by atoms with Crippen LogP contribution in [0.3, 0.4) is 0 Å². The largest absolute Gasteiger partial charge is 0.348 e. The third-order valence-electron chi connectivity index (χ3n) is 5.86. The third-order valence-corrected chi connectivity index (χ3v) is 6.82. The van der Waals surface area contributed by atoms with Gasteiger partial charge in [-0.15, -0.1) is 11.3 Å². The molecular weight excluding hydrogens is 364 g/mol. The van der Waals surface area contributed by atoms with Crippen molar-refractivity contribution in [1.29, 1.82) is 0 Å². The van der Waals surface area contributed by atoms with Crippen molar-refractivity contribution < 1.29 is 6.85 Å². The Bertz CT molecular complexity index is 1120. The van der Waals surface area contributed by atoms with Crippen LogP contribution in [0.2, 0.25) is 0 Å². The van der Waals surface area contributed by atoms with Crippen molar-refractivity contribution in [2.45, 2.75) is 60.0 Å². The predicted octanol–water partition coefficient (Wildman–Crippen LogP) is 5.61. The van der Waals surface area contributed by atoms with Gasteiger partial charge >= 0.3 is 0 Å². The number of hydrogen-bond donors (Lipinski definition) is 1. The van der Waals surface area contributed by atoms with Crippen LogP contribution < -0.4 is 5.32 Å². The Morgan fingerprint density at radius 1 is 1.25 bits per heavy atom. The molecule has 4 rings (SSSR count). The fraction of sp³-hybridized carbons (Fsp3) is 0.522. The minimum atomic E-state index is -2.46. The van der Waals surface area contributed by atoms with E-state index in [2.05, 4.69) is 5.32 Å². The van der Waals surface area contributed by atoms with Crippen molar-refractivity contribution in [2.75, 3.05) is 24.9 Å². The lowest BCUT2D eigenvalue weighted by atomic mass is 9.88. The quantitative estimate of drug-likeness (QED) is 0.673. The molecule has 0 amide bonds. The predicted molar refractivity (Wildman–Crippen MR) is 122 cm³/mol. The first-order valence-corrected chi connectivity index (χ1v) is 10.5. The van der Waals surface area contributed by atoms with Gasteiger partial charge in [0.25, 0.3) is 0 Å². The SMILES string of the molecule is [2H]C1([2H])N(CC)C([2H])(C)C(C)(C)N(C2=Nc3cc(C)c(C)cc3Nc3sc(C)cc32)C1([2H])[2H].